The zero-order chi connectivity index (χ0) is 15.9. The number of anilines is 1. The van der Waals surface area contributed by atoms with Crippen LogP contribution < -0.4 is 4.31 Å². The maximum Gasteiger partial charge on any atom is 0.245 e. The molecule has 0 saturated heterocycles. The number of amides is 1. The number of hydrogen-bond acceptors (Lipinski definition) is 3. The molecule has 0 aliphatic rings. The minimum Gasteiger partial charge on any atom is -0.273 e. The largest absolute Gasteiger partial charge is 0.273 e. The maximum atomic E-state index is 12.3. The minimum absolute atomic E-state index is 0.149. The van der Waals surface area contributed by atoms with Crippen LogP contribution in [0.5, 0.6) is 0 Å². The van der Waals surface area contributed by atoms with Crippen LogP contribution in [-0.2, 0) is 14.8 Å². The second-order valence-corrected chi connectivity index (χ2v) is 6.74. The fourth-order valence-electron chi connectivity index (χ4n) is 1.83. The van der Waals surface area contributed by atoms with Crippen LogP contribution in [0.3, 0.4) is 0 Å². The van der Waals surface area contributed by atoms with Crippen LogP contribution in [0.1, 0.15) is 26.7 Å². The molecular formula is C16H21NO3S. The molecule has 21 heavy (non-hydrogen) atoms. The van der Waals surface area contributed by atoms with Crippen LogP contribution in [-0.4, -0.2) is 20.1 Å². The Hall–Kier alpha value is -1.88. The number of carbonyl (C=O) groups is 1. The molecule has 0 radical (unpaired) electrons. The van der Waals surface area contributed by atoms with Crippen molar-refractivity contribution < 1.29 is 13.2 Å². The van der Waals surface area contributed by atoms with Gasteiger partial charge in [-0.1, -0.05) is 35.9 Å². The average molecular weight is 307 g/mol. The van der Waals surface area contributed by atoms with Gasteiger partial charge in [-0.25, -0.2) is 12.7 Å². The Bertz CT molecular complexity index is 614. The maximum absolute atomic E-state index is 12.3. The number of hydrogen-bond donors (Lipinski definition) is 0. The number of sulfonamides is 1. The van der Waals surface area contributed by atoms with Gasteiger partial charge in [-0.05, 0) is 32.4 Å². The van der Waals surface area contributed by atoms with Gasteiger partial charge < -0.3 is 0 Å². The lowest BCUT2D eigenvalue weighted by Gasteiger charge is -2.21. The highest BCUT2D eigenvalue weighted by atomic mass is 32.2. The molecule has 1 rings (SSSR count). The first-order valence-electron chi connectivity index (χ1n) is 6.73. The summed E-state index contributed by atoms with van der Waals surface area (Å²) >= 11 is 0. The van der Waals surface area contributed by atoms with Crippen molar-refractivity contribution in [3.63, 3.8) is 0 Å². The summed E-state index contributed by atoms with van der Waals surface area (Å²) in [7, 11) is -3.73. The molecule has 0 fully saturated rings. The number of carbonyl (C=O) groups excluding carboxylic acids is 1. The average Bonchev–Trinajstić information content (AvgIpc) is 2.39. The highest BCUT2D eigenvalue weighted by Crippen LogP contribution is 2.20. The molecule has 1 aromatic carbocycles. The summed E-state index contributed by atoms with van der Waals surface area (Å²) < 4.78 is 25.5. The van der Waals surface area contributed by atoms with Crippen molar-refractivity contribution in [2.45, 2.75) is 26.7 Å². The van der Waals surface area contributed by atoms with Crippen LogP contribution in [0.2, 0.25) is 0 Å². The van der Waals surface area contributed by atoms with Crippen LogP contribution in [0.25, 0.3) is 0 Å². The summed E-state index contributed by atoms with van der Waals surface area (Å²) in [5.41, 5.74) is 1.46. The van der Waals surface area contributed by atoms with Crippen molar-refractivity contribution in [2.24, 2.45) is 0 Å². The lowest BCUT2D eigenvalue weighted by Crippen LogP contribution is -2.38. The lowest BCUT2D eigenvalue weighted by molar-refractivity contribution is -0.117. The Morgan fingerprint density at radius 3 is 2.38 bits per heavy atom. The molecule has 0 aliphatic carbocycles. The van der Waals surface area contributed by atoms with E-state index in [0.29, 0.717) is 12.1 Å². The predicted octanol–water partition coefficient (Wildman–Crippen LogP) is 3.28. The van der Waals surface area contributed by atoms with Crippen LogP contribution in [0.15, 0.2) is 54.6 Å². The molecule has 0 aromatic heterocycles. The Kier molecular flexibility index (Phi) is 6.37. The quantitative estimate of drug-likeness (QED) is 0.726. The third-order valence-electron chi connectivity index (χ3n) is 2.73. The third-order valence-corrected chi connectivity index (χ3v) is 4.36. The summed E-state index contributed by atoms with van der Waals surface area (Å²) in [4.78, 5) is 12.3. The number of allylic oxidation sites excluding steroid dienone is 2. The van der Waals surface area contributed by atoms with Crippen LogP contribution in [0.4, 0.5) is 5.69 Å². The number of nitrogens with zero attached hydrogens (tertiary/aromatic N) is 1. The van der Waals surface area contributed by atoms with Crippen molar-refractivity contribution in [1.29, 1.82) is 0 Å². The zero-order valence-corrected chi connectivity index (χ0v) is 13.3. The summed E-state index contributed by atoms with van der Waals surface area (Å²) in [6.07, 6.45) is 3.88. The first-order valence-corrected chi connectivity index (χ1v) is 8.34. The van der Waals surface area contributed by atoms with E-state index in [-0.39, 0.29) is 12.2 Å². The summed E-state index contributed by atoms with van der Waals surface area (Å²) in [6, 6.07) is 8.40. The molecule has 1 amide bonds. The Morgan fingerprint density at radius 2 is 1.86 bits per heavy atom. The molecule has 0 heterocycles. The summed E-state index contributed by atoms with van der Waals surface area (Å²) in [6.45, 7) is 7.32. The molecule has 0 bridgehead atoms. The van der Waals surface area contributed by atoms with Gasteiger partial charge in [0.15, 0.2) is 0 Å². The number of rotatable bonds is 7. The van der Waals surface area contributed by atoms with Gasteiger partial charge in [-0.3, -0.25) is 4.79 Å². The van der Waals surface area contributed by atoms with Crippen molar-refractivity contribution in [3.8, 4) is 0 Å². The highest BCUT2D eigenvalue weighted by molar-refractivity contribution is 7.93. The lowest BCUT2D eigenvalue weighted by atomic mass is 10.2. The number of para-hydroxylation sites is 1. The van der Waals surface area contributed by atoms with Crippen molar-refractivity contribution in [3.05, 3.63) is 54.6 Å². The van der Waals surface area contributed by atoms with Crippen molar-refractivity contribution >= 4 is 21.6 Å². The van der Waals surface area contributed by atoms with Crippen molar-refractivity contribution in [1.82, 2.24) is 0 Å². The monoisotopic (exact) mass is 307 g/mol. The molecule has 5 heteroatoms. The predicted molar refractivity (Wildman–Crippen MR) is 86.6 cm³/mol. The van der Waals surface area contributed by atoms with Crippen molar-refractivity contribution in [2.75, 3.05) is 10.1 Å². The van der Waals surface area contributed by atoms with Gasteiger partial charge in [-0.2, -0.15) is 0 Å². The van der Waals surface area contributed by atoms with Gasteiger partial charge >= 0.3 is 0 Å². The van der Waals surface area contributed by atoms with E-state index in [9.17, 15) is 13.2 Å². The van der Waals surface area contributed by atoms with Gasteiger partial charge in [-0.15, -0.1) is 6.58 Å². The highest BCUT2D eigenvalue weighted by Gasteiger charge is 2.27. The molecular weight excluding hydrogens is 286 g/mol. The fourth-order valence-corrected chi connectivity index (χ4v) is 3.12. The SMILES string of the molecule is C=CCS(=O)(=O)N(C(=O)CCC=C(C)C)c1ccccc1. The molecule has 0 N–H and O–H groups in total. The van der Waals surface area contributed by atoms with Gasteiger partial charge in [0.05, 0.1) is 11.4 Å². The smallest absolute Gasteiger partial charge is 0.245 e. The molecule has 0 saturated carbocycles. The van der Waals surface area contributed by atoms with E-state index >= 15 is 0 Å². The fraction of sp³-hybridized carbons (Fsp3) is 0.312. The topological polar surface area (TPSA) is 54.5 Å². The van der Waals surface area contributed by atoms with E-state index in [4.69, 9.17) is 0 Å². The minimum atomic E-state index is -3.73. The molecule has 1 aromatic rings. The van der Waals surface area contributed by atoms with Crippen LogP contribution >= 0.6 is 0 Å². The Labute approximate surface area is 126 Å². The van der Waals surface area contributed by atoms with Gasteiger partial charge in [0.2, 0.25) is 15.9 Å². The normalized spacial score (nSPS) is 10.8. The Morgan fingerprint density at radius 1 is 1.24 bits per heavy atom. The van der Waals surface area contributed by atoms with E-state index in [2.05, 4.69) is 6.58 Å². The molecule has 0 unspecified atom stereocenters. The van der Waals surface area contributed by atoms with E-state index in [1.807, 2.05) is 19.9 Å². The standard InChI is InChI=1S/C16H21NO3S/c1-4-13-21(19,20)17(15-10-6-5-7-11-15)16(18)12-8-9-14(2)3/h4-7,9-11H,1,8,12-13H2,2-3H3. The van der Waals surface area contributed by atoms with Gasteiger partial charge in [0.25, 0.3) is 0 Å². The van der Waals surface area contributed by atoms with E-state index in [1.165, 1.54) is 6.08 Å². The van der Waals surface area contributed by atoms with E-state index in [0.717, 1.165) is 9.88 Å². The third kappa shape index (κ3) is 5.19. The molecule has 0 atom stereocenters. The first kappa shape index (κ1) is 17.2. The molecule has 4 nitrogen and oxygen atoms in total. The number of benzene rings is 1. The molecule has 114 valence electrons. The summed E-state index contributed by atoms with van der Waals surface area (Å²) in [5.74, 6) is -0.698. The van der Waals surface area contributed by atoms with E-state index in [1.54, 1.807) is 30.3 Å². The van der Waals surface area contributed by atoms with Gasteiger partial charge in [0.1, 0.15) is 0 Å². The Balaban J connectivity index is 3.06. The first-order chi connectivity index (χ1) is 9.88. The molecule has 0 aliphatic heterocycles. The summed E-state index contributed by atoms with van der Waals surface area (Å²) in [5, 5.41) is 0. The second-order valence-electron chi connectivity index (χ2n) is 4.88. The zero-order valence-electron chi connectivity index (χ0n) is 12.5. The van der Waals surface area contributed by atoms with E-state index < -0.39 is 15.9 Å². The van der Waals surface area contributed by atoms with Crippen LogP contribution in [0, 0.1) is 0 Å². The van der Waals surface area contributed by atoms with Gasteiger partial charge in [0, 0.05) is 6.42 Å². The molecule has 0 spiro atoms. The second kappa shape index (κ2) is 7.78.